The molecule has 0 radical (unpaired) electrons. The van der Waals surface area contributed by atoms with E-state index in [1.165, 1.54) is 0 Å². The van der Waals surface area contributed by atoms with Crippen LogP contribution in [0.15, 0.2) is 0 Å². The third-order valence-corrected chi connectivity index (χ3v) is 0. The van der Waals surface area contributed by atoms with Gasteiger partial charge < -0.3 is 10.2 Å². The number of hydrogen-bond acceptors (Lipinski definition) is 4. The van der Waals surface area contributed by atoms with Gasteiger partial charge in [-0.3, -0.25) is 18.7 Å². The zero-order valence-electron chi connectivity index (χ0n) is 6.83. The Bertz CT molecular complexity index is 211. The van der Waals surface area contributed by atoms with Crippen LogP contribution in [0.1, 0.15) is 13.8 Å². The van der Waals surface area contributed by atoms with E-state index in [4.69, 9.17) is 37.3 Å². The Hall–Kier alpha value is -1.19. The van der Waals surface area contributed by atoms with Gasteiger partial charge in [0.15, 0.2) is 0 Å². The first-order valence-electron chi connectivity index (χ1n) is 2.55. The lowest BCUT2D eigenvalue weighted by molar-refractivity contribution is -0.135. The molecule has 0 aromatic heterocycles. The Balaban J connectivity index is -0.000000117. The van der Waals surface area contributed by atoms with Gasteiger partial charge in [0.25, 0.3) is 11.9 Å². The molecule has 0 spiro atoms. The van der Waals surface area contributed by atoms with Gasteiger partial charge in [0.2, 0.25) is 0 Å². The molecule has 0 aliphatic rings. The molecule has 8 nitrogen and oxygen atoms in total. The van der Waals surface area contributed by atoms with E-state index >= 15 is 0 Å². The topological polar surface area (TPSA) is 149 Å². The summed E-state index contributed by atoms with van der Waals surface area (Å²) in [5.41, 5.74) is 0. The average molecular weight is 218 g/mol. The lowest BCUT2D eigenvalue weighted by Gasteiger charge is -1.68. The SMILES string of the molecule is CC(=O)O.CC(=O)O.O=S(=O)(O)O. The van der Waals surface area contributed by atoms with Gasteiger partial charge in [0.05, 0.1) is 0 Å². The van der Waals surface area contributed by atoms with Crippen molar-refractivity contribution in [3.63, 3.8) is 0 Å². The molecule has 13 heavy (non-hydrogen) atoms. The average Bonchev–Trinajstić information content (AvgIpc) is 1.50. The quantitative estimate of drug-likeness (QED) is 0.398. The largest absolute Gasteiger partial charge is 0.481 e. The van der Waals surface area contributed by atoms with Crippen LogP contribution >= 0.6 is 0 Å². The van der Waals surface area contributed by atoms with Crippen molar-refractivity contribution in [1.29, 1.82) is 0 Å². The minimum Gasteiger partial charge on any atom is -0.481 e. The minimum absolute atomic E-state index is 0.833. The van der Waals surface area contributed by atoms with Crippen LogP contribution in [0.4, 0.5) is 0 Å². The highest BCUT2D eigenvalue weighted by molar-refractivity contribution is 7.79. The molecular weight excluding hydrogens is 208 g/mol. The molecule has 0 amide bonds. The highest BCUT2D eigenvalue weighted by Crippen LogP contribution is 1.59. The van der Waals surface area contributed by atoms with E-state index in [0.717, 1.165) is 13.8 Å². The van der Waals surface area contributed by atoms with Crippen molar-refractivity contribution in [3.05, 3.63) is 0 Å². The van der Waals surface area contributed by atoms with Crippen molar-refractivity contribution in [2.45, 2.75) is 13.8 Å². The van der Waals surface area contributed by atoms with E-state index in [0.29, 0.717) is 0 Å². The maximum absolute atomic E-state index is 9.00. The summed E-state index contributed by atoms with van der Waals surface area (Å²) >= 11 is 0. The van der Waals surface area contributed by atoms with Crippen molar-refractivity contribution < 1.29 is 37.3 Å². The van der Waals surface area contributed by atoms with Crippen molar-refractivity contribution in [2.75, 3.05) is 0 Å². The first-order chi connectivity index (χ1) is 5.46. The molecular formula is C4H10O8S. The number of aliphatic carboxylic acids is 2. The predicted octanol–water partition coefficient (Wildman–Crippen LogP) is -0.471. The second-order valence-electron chi connectivity index (χ2n) is 1.49. The normalized spacial score (nSPS) is 8.31. The van der Waals surface area contributed by atoms with E-state index in [9.17, 15) is 0 Å². The van der Waals surface area contributed by atoms with Crippen LogP contribution < -0.4 is 0 Å². The summed E-state index contributed by atoms with van der Waals surface area (Å²) in [4.78, 5) is 18.0. The lowest BCUT2D eigenvalue weighted by atomic mass is 10.9. The van der Waals surface area contributed by atoms with Gasteiger partial charge in [-0.25, -0.2) is 0 Å². The molecule has 4 N–H and O–H groups in total. The van der Waals surface area contributed by atoms with Crippen LogP contribution in [-0.4, -0.2) is 39.7 Å². The molecule has 0 aromatic carbocycles. The standard InChI is InChI=1S/2C2H4O2.H2O4S/c2*1-2(3)4;1-5(2,3)4/h2*1H3,(H,3,4);(H2,1,2,3,4). The summed E-state index contributed by atoms with van der Waals surface area (Å²) < 4.78 is 31.6. The number of carboxylic acids is 2. The van der Waals surface area contributed by atoms with E-state index in [1.807, 2.05) is 0 Å². The fourth-order valence-electron chi connectivity index (χ4n) is 0. The molecule has 0 fully saturated rings. The van der Waals surface area contributed by atoms with Crippen LogP contribution in [0.5, 0.6) is 0 Å². The summed E-state index contributed by atoms with van der Waals surface area (Å²) in [5.74, 6) is -1.67. The lowest BCUT2D eigenvalue weighted by Crippen LogP contribution is -1.89. The molecule has 0 saturated heterocycles. The van der Waals surface area contributed by atoms with Crippen molar-refractivity contribution in [3.8, 4) is 0 Å². The minimum atomic E-state index is -4.67. The zero-order valence-corrected chi connectivity index (χ0v) is 7.65. The summed E-state index contributed by atoms with van der Waals surface area (Å²) in [7, 11) is -4.67. The molecule has 0 bridgehead atoms. The maximum Gasteiger partial charge on any atom is 0.394 e. The second kappa shape index (κ2) is 8.90. The number of rotatable bonds is 0. The molecule has 0 rings (SSSR count). The third kappa shape index (κ3) is 592. The molecule has 0 aliphatic carbocycles. The smallest absolute Gasteiger partial charge is 0.394 e. The van der Waals surface area contributed by atoms with E-state index in [1.54, 1.807) is 0 Å². The Morgan fingerprint density at radius 2 is 0.923 bits per heavy atom. The number of carboxylic acid groups (broad SMARTS) is 2. The van der Waals surface area contributed by atoms with Crippen molar-refractivity contribution in [2.24, 2.45) is 0 Å². The first kappa shape index (κ1) is 17.8. The highest BCUT2D eigenvalue weighted by atomic mass is 32.3. The predicted molar refractivity (Wildman–Crippen MR) is 40.8 cm³/mol. The number of hydrogen-bond donors (Lipinski definition) is 4. The molecule has 0 atom stereocenters. The van der Waals surface area contributed by atoms with Crippen LogP contribution in [0, 0.1) is 0 Å². The summed E-state index contributed by atoms with van der Waals surface area (Å²) in [6, 6.07) is 0. The molecule has 0 saturated carbocycles. The fourth-order valence-corrected chi connectivity index (χ4v) is 0. The molecule has 9 heteroatoms. The molecule has 0 aliphatic heterocycles. The highest BCUT2D eigenvalue weighted by Gasteiger charge is 1.84. The first-order valence-corrected chi connectivity index (χ1v) is 3.95. The zero-order chi connectivity index (χ0) is 11.7. The number of carbonyl (C=O) groups is 2. The van der Waals surface area contributed by atoms with Gasteiger partial charge in [-0.05, 0) is 0 Å². The fraction of sp³-hybridized carbons (Fsp3) is 0.500. The van der Waals surface area contributed by atoms with Crippen LogP contribution in [0.3, 0.4) is 0 Å². The molecule has 80 valence electrons. The van der Waals surface area contributed by atoms with Gasteiger partial charge in [0.1, 0.15) is 0 Å². The molecule has 0 aromatic rings. The summed E-state index contributed by atoms with van der Waals surface area (Å²) in [5, 5.41) is 14.8. The van der Waals surface area contributed by atoms with E-state index in [-0.39, 0.29) is 0 Å². The van der Waals surface area contributed by atoms with Crippen LogP contribution in [0.25, 0.3) is 0 Å². The third-order valence-electron chi connectivity index (χ3n) is 0. The van der Waals surface area contributed by atoms with Gasteiger partial charge in [-0.1, -0.05) is 0 Å². The van der Waals surface area contributed by atoms with Crippen LogP contribution in [-0.2, 0) is 20.0 Å². The Labute approximate surface area is 74.4 Å². The van der Waals surface area contributed by atoms with E-state index in [2.05, 4.69) is 0 Å². The van der Waals surface area contributed by atoms with Gasteiger partial charge in [0, 0.05) is 13.8 Å². The van der Waals surface area contributed by atoms with Crippen molar-refractivity contribution in [1.82, 2.24) is 0 Å². The summed E-state index contributed by atoms with van der Waals surface area (Å²) in [6.45, 7) is 2.17. The van der Waals surface area contributed by atoms with Crippen LogP contribution in [0.2, 0.25) is 0 Å². The monoisotopic (exact) mass is 218 g/mol. The van der Waals surface area contributed by atoms with Gasteiger partial charge in [-0.2, -0.15) is 8.42 Å². The van der Waals surface area contributed by atoms with Crippen molar-refractivity contribution >= 4 is 22.3 Å². The van der Waals surface area contributed by atoms with E-state index < -0.39 is 22.3 Å². The maximum atomic E-state index is 9.00. The van der Waals surface area contributed by atoms with Gasteiger partial charge >= 0.3 is 10.4 Å². The second-order valence-corrected chi connectivity index (χ2v) is 2.38. The van der Waals surface area contributed by atoms with Gasteiger partial charge in [-0.15, -0.1) is 0 Å². The molecule has 0 unspecified atom stereocenters. The Morgan fingerprint density at radius 1 is 0.923 bits per heavy atom. The molecule has 0 heterocycles. The summed E-state index contributed by atoms with van der Waals surface area (Å²) in [6.07, 6.45) is 0. The Kier molecular flexibility index (Phi) is 12.2. The Morgan fingerprint density at radius 3 is 0.923 bits per heavy atom.